The smallest absolute Gasteiger partial charge is 0.236 e. The number of rotatable bonds is 3. The summed E-state index contributed by atoms with van der Waals surface area (Å²) in [5.74, 6) is -0.448. The van der Waals surface area contributed by atoms with E-state index in [4.69, 9.17) is 28.9 Å². The van der Waals surface area contributed by atoms with E-state index < -0.39 is 5.91 Å². The van der Waals surface area contributed by atoms with Gasteiger partial charge in [-0.2, -0.15) is 0 Å². The van der Waals surface area contributed by atoms with E-state index in [0.29, 0.717) is 15.7 Å². The Labute approximate surface area is 85.8 Å². The maximum atomic E-state index is 10.5. The first kappa shape index (κ1) is 10.2. The molecular weight excluding hydrogens is 211 g/mol. The van der Waals surface area contributed by atoms with Crippen LogP contribution in [-0.2, 0) is 4.79 Å². The van der Waals surface area contributed by atoms with E-state index in [2.05, 4.69) is 5.32 Å². The van der Waals surface area contributed by atoms with Crippen molar-refractivity contribution in [1.29, 1.82) is 0 Å². The highest BCUT2D eigenvalue weighted by atomic mass is 35.5. The van der Waals surface area contributed by atoms with Gasteiger partial charge >= 0.3 is 0 Å². The summed E-state index contributed by atoms with van der Waals surface area (Å²) in [5.41, 5.74) is 5.56. The van der Waals surface area contributed by atoms with Crippen molar-refractivity contribution in [3.05, 3.63) is 28.2 Å². The fourth-order valence-corrected chi connectivity index (χ4v) is 1.17. The Morgan fingerprint density at radius 1 is 1.46 bits per heavy atom. The zero-order chi connectivity index (χ0) is 9.84. The summed E-state index contributed by atoms with van der Waals surface area (Å²) in [6, 6.07) is 4.94. The quantitative estimate of drug-likeness (QED) is 0.815. The van der Waals surface area contributed by atoms with E-state index in [0.717, 1.165) is 0 Å². The number of carbonyl (C=O) groups excluding carboxylic acids is 1. The zero-order valence-corrected chi connectivity index (χ0v) is 8.19. The minimum Gasteiger partial charge on any atom is -0.375 e. The molecule has 0 saturated heterocycles. The van der Waals surface area contributed by atoms with Crippen molar-refractivity contribution >= 4 is 34.8 Å². The molecule has 1 rings (SSSR count). The highest BCUT2D eigenvalue weighted by molar-refractivity contribution is 6.35. The van der Waals surface area contributed by atoms with E-state index in [1.165, 1.54) is 0 Å². The molecule has 1 aromatic rings. The number of amides is 1. The number of nitrogens with two attached hydrogens (primary N) is 1. The lowest BCUT2D eigenvalue weighted by Gasteiger charge is -2.05. The van der Waals surface area contributed by atoms with Gasteiger partial charge in [-0.05, 0) is 18.2 Å². The van der Waals surface area contributed by atoms with Crippen molar-refractivity contribution < 1.29 is 4.79 Å². The number of hydrogen-bond donors (Lipinski definition) is 2. The topological polar surface area (TPSA) is 55.1 Å². The lowest BCUT2D eigenvalue weighted by molar-refractivity contribution is -0.116. The molecule has 0 spiro atoms. The first-order chi connectivity index (χ1) is 6.09. The summed E-state index contributed by atoms with van der Waals surface area (Å²) >= 11 is 11.5. The standard InChI is InChI=1S/C8H8Cl2N2O/c9-5-1-2-6(10)7(3-5)12-4-8(11)13/h1-3,12H,4H2,(H2,11,13). The molecule has 70 valence electrons. The molecule has 13 heavy (non-hydrogen) atoms. The first-order valence-corrected chi connectivity index (χ1v) is 4.32. The summed E-state index contributed by atoms with van der Waals surface area (Å²) < 4.78 is 0. The maximum absolute atomic E-state index is 10.5. The zero-order valence-electron chi connectivity index (χ0n) is 6.68. The van der Waals surface area contributed by atoms with Gasteiger partial charge in [0.1, 0.15) is 0 Å². The molecule has 0 aliphatic rings. The summed E-state index contributed by atoms with van der Waals surface area (Å²) in [6.45, 7) is 0.0417. The van der Waals surface area contributed by atoms with Crippen LogP contribution < -0.4 is 11.1 Å². The second-order valence-corrected chi connectivity index (χ2v) is 3.29. The molecule has 5 heteroatoms. The third-order valence-corrected chi connectivity index (χ3v) is 1.95. The second-order valence-electron chi connectivity index (χ2n) is 2.44. The van der Waals surface area contributed by atoms with Crippen LogP contribution in [0.3, 0.4) is 0 Å². The number of nitrogens with one attached hydrogen (secondary N) is 1. The van der Waals surface area contributed by atoms with Gasteiger partial charge in [-0.3, -0.25) is 4.79 Å². The highest BCUT2D eigenvalue weighted by Gasteiger charge is 2.01. The molecule has 0 unspecified atom stereocenters. The predicted octanol–water partition coefficient (Wildman–Crippen LogP) is 1.89. The van der Waals surface area contributed by atoms with Gasteiger partial charge in [0.25, 0.3) is 0 Å². The van der Waals surface area contributed by atoms with Crippen LogP contribution in [0.5, 0.6) is 0 Å². The Balaban J connectivity index is 2.75. The molecule has 0 aliphatic heterocycles. The van der Waals surface area contributed by atoms with Crippen LogP contribution in [0.15, 0.2) is 18.2 Å². The average molecular weight is 219 g/mol. The third kappa shape index (κ3) is 3.13. The van der Waals surface area contributed by atoms with Gasteiger partial charge in [-0.1, -0.05) is 23.2 Å². The Morgan fingerprint density at radius 3 is 2.77 bits per heavy atom. The summed E-state index contributed by atoms with van der Waals surface area (Å²) in [6.07, 6.45) is 0. The number of halogens is 2. The Hall–Kier alpha value is -0.930. The average Bonchev–Trinajstić information content (AvgIpc) is 2.06. The first-order valence-electron chi connectivity index (χ1n) is 3.57. The molecular formula is C8H8Cl2N2O. The van der Waals surface area contributed by atoms with Gasteiger partial charge in [-0.25, -0.2) is 0 Å². The van der Waals surface area contributed by atoms with Crippen LogP contribution in [0.2, 0.25) is 10.0 Å². The SMILES string of the molecule is NC(=O)CNc1cc(Cl)ccc1Cl. The Kier molecular flexibility index (Phi) is 3.39. The second kappa shape index (κ2) is 4.35. The van der Waals surface area contributed by atoms with Crippen LogP contribution in [0, 0.1) is 0 Å². The molecule has 0 aliphatic carbocycles. The summed E-state index contributed by atoms with van der Waals surface area (Å²) in [7, 11) is 0. The Morgan fingerprint density at radius 2 is 2.15 bits per heavy atom. The van der Waals surface area contributed by atoms with Gasteiger partial charge in [0.05, 0.1) is 17.3 Å². The van der Waals surface area contributed by atoms with Gasteiger partial charge in [-0.15, -0.1) is 0 Å². The number of carbonyl (C=O) groups is 1. The van der Waals surface area contributed by atoms with E-state index in [9.17, 15) is 4.79 Å². The number of hydrogen-bond acceptors (Lipinski definition) is 2. The van der Waals surface area contributed by atoms with Crippen molar-refractivity contribution in [2.75, 3.05) is 11.9 Å². The van der Waals surface area contributed by atoms with Crippen molar-refractivity contribution in [2.24, 2.45) is 5.73 Å². The molecule has 0 aromatic heterocycles. The van der Waals surface area contributed by atoms with Crippen molar-refractivity contribution in [1.82, 2.24) is 0 Å². The van der Waals surface area contributed by atoms with Crippen LogP contribution >= 0.6 is 23.2 Å². The van der Waals surface area contributed by atoms with Gasteiger partial charge < -0.3 is 11.1 Å². The fraction of sp³-hybridized carbons (Fsp3) is 0.125. The van der Waals surface area contributed by atoms with E-state index >= 15 is 0 Å². The number of primary amides is 1. The Bertz CT molecular complexity index is 328. The van der Waals surface area contributed by atoms with Crippen molar-refractivity contribution in [3.63, 3.8) is 0 Å². The summed E-state index contributed by atoms with van der Waals surface area (Å²) in [5, 5.41) is 3.82. The van der Waals surface area contributed by atoms with Crippen molar-refractivity contribution in [2.45, 2.75) is 0 Å². The molecule has 1 aromatic carbocycles. The number of anilines is 1. The molecule has 3 N–H and O–H groups in total. The van der Waals surface area contributed by atoms with Crippen LogP contribution in [-0.4, -0.2) is 12.5 Å². The van der Waals surface area contributed by atoms with E-state index in [1.807, 2.05) is 0 Å². The highest BCUT2D eigenvalue weighted by Crippen LogP contribution is 2.24. The normalized spacial score (nSPS) is 9.69. The molecule has 1 amide bonds. The molecule has 0 saturated carbocycles. The molecule has 0 atom stereocenters. The largest absolute Gasteiger partial charge is 0.375 e. The maximum Gasteiger partial charge on any atom is 0.236 e. The molecule has 3 nitrogen and oxygen atoms in total. The van der Waals surface area contributed by atoms with Gasteiger partial charge in [0.15, 0.2) is 0 Å². The lowest BCUT2D eigenvalue weighted by Crippen LogP contribution is -2.21. The van der Waals surface area contributed by atoms with Crippen molar-refractivity contribution in [3.8, 4) is 0 Å². The van der Waals surface area contributed by atoms with Crippen LogP contribution in [0.4, 0.5) is 5.69 Å². The minimum absolute atomic E-state index is 0.0417. The monoisotopic (exact) mass is 218 g/mol. The molecule has 0 radical (unpaired) electrons. The lowest BCUT2D eigenvalue weighted by atomic mass is 10.3. The molecule has 0 heterocycles. The molecule has 0 bridgehead atoms. The van der Waals surface area contributed by atoms with Gasteiger partial charge in [0.2, 0.25) is 5.91 Å². The third-order valence-electron chi connectivity index (χ3n) is 1.38. The predicted molar refractivity (Wildman–Crippen MR) is 54.1 cm³/mol. The number of benzene rings is 1. The summed E-state index contributed by atoms with van der Waals surface area (Å²) in [4.78, 5) is 10.5. The van der Waals surface area contributed by atoms with Crippen LogP contribution in [0.25, 0.3) is 0 Å². The minimum atomic E-state index is -0.448. The van der Waals surface area contributed by atoms with Gasteiger partial charge in [0, 0.05) is 5.02 Å². The fourth-order valence-electron chi connectivity index (χ4n) is 0.815. The molecule has 0 fully saturated rings. The van der Waals surface area contributed by atoms with E-state index in [1.54, 1.807) is 18.2 Å². The van der Waals surface area contributed by atoms with E-state index in [-0.39, 0.29) is 6.54 Å². The van der Waals surface area contributed by atoms with Crippen LogP contribution in [0.1, 0.15) is 0 Å².